The lowest BCUT2D eigenvalue weighted by Gasteiger charge is -2.28. The van der Waals surface area contributed by atoms with E-state index in [2.05, 4.69) is 54.4 Å². The van der Waals surface area contributed by atoms with E-state index >= 15 is 0 Å². The molecule has 0 fully saturated rings. The normalized spacial score (nSPS) is 16.6. The second-order valence-electron chi connectivity index (χ2n) is 7.95. The van der Waals surface area contributed by atoms with E-state index < -0.39 is 0 Å². The SMILES string of the molecule is COc1ccc2c(c1)-c1c(ccc(OC)c1O)CC(Cc1ccccc1)N(C)CC2. The molecule has 1 heterocycles. The first-order valence-corrected chi connectivity index (χ1v) is 10.4. The van der Waals surface area contributed by atoms with Crippen LogP contribution in [0.15, 0.2) is 60.7 Å². The average molecular weight is 404 g/mol. The third-order valence-electron chi connectivity index (χ3n) is 6.16. The Morgan fingerprint density at radius 3 is 2.47 bits per heavy atom. The van der Waals surface area contributed by atoms with Crippen LogP contribution >= 0.6 is 0 Å². The minimum atomic E-state index is 0.201. The highest BCUT2D eigenvalue weighted by Gasteiger charge is 2.25. The summed E-state index contributed by atoms with van der Waals surface area (Å²) >= 11 is 0. The fourth-order valence-corrected chi connectivity index (χ4v) is 4.39. The molecule has 3 aromatic carbocycles. The van der Waals surface area contributed by atoms with Gasteiger partial charge >= 0.3 is 0 Å². The van der Waals surface area contributed by atoms with E-state index in [1.807, 2.05) is 18.2 Å². The van der Waals surface area contributed by atoms with Crippen LogP contribution in [0.25, 0.3) is 11.1 Å². The summed E-state index contributed by atoms with van der Waals surface area (Å²) in [5, 5.41) is 11.1. The van der Waals surface area contributed by atoms with E-state index in [4.69, 9.17) is 9.47 Å². The largest absolute Gasteiger partial charge is 0.504 e. The summed E-state index contributed by atoms with van der Waals surface area (Å²) in [5.74, 6) is 1.48. The van der Waals surface area contributed by atoms with Crippen molar-refractivity contribution in [2.75, 3.05) is 27.8 Å². The van der Waals surface area contributed by atoms with Crippen LogP contribution in [-0.4, -0.2) is 43.9 Å². The molecule has 1 unspecified atom stereocenters. The van der Waals surface area contributed by atoms with Gasteiger partial charge in [-0.1, -0.05) is 42.5 Å². The molecule has 1 aliphatic rings. The van der Waals surface area contributed by atoms with Gasteiger partial charge in [-0.15, -0.1) is 0 Å². The lowest BCUT2D eigenvalue weighted by molar-refractivity contribution is 0.242. The molecule has 156 valence electrons. The lowest BCUT2D eigenvalue weighted by atomic mass is 9.89. The summed E-state index contributed by atoms with van der Waals surface area (Å²) in [6, 6.07) is 21.0. The number of phenolic OH excluding ortho intramolecular Hbond substituents is 1. The fourth-order valence-electron chi connectivity index (χ4n) is 4.39. The van der Waals surface area contributed by atoms with Crippen molar-refractivity contribution in [3.63, 3.8) is 0 Å². The molecule has 4 heteroatoms. The number of nitrogens with zero attached hydrogens (tertiary/aromatic N) is 1. The highest BCUT2D eigenvalue weighted by Crippen LogP contribution is 2.43. The van der Waals surface area contributed by atoms with Crippen molar-refractivity contribution >= 4 is 0 Å². The zero-order chi connectivity index (χ0) is 21.1. The smallest absolute Gasteiger partial charge is 0.165 e. The highest BCUT2D eigenvalue weighted by atomic mass is 16.5. The van der Waals surface area contributed by atoms with Gasteiger partial charge in [0.1, 0.15) is 5.75 Å². The van der Waals surface area contributed by atoms with Crippen molar-refractivity contribution in [3.8, 4) is 28.4 Å². The van der Waals surface area contributed by atoms with Gasteiger partial charge in [-0.2, -0.15) is 0 Å². The Morgan fingerprint density at radius 1 is 0.967 bits per heavy atom. The quantitative estimate of drug-likeness (QED) is 0.685. The van der Waals surface area contributed by atoms with E-state index in [9.17, 15) is 5.11 Å². The molecular weight excluding hydrogens is 374 g/mol. The van der Waals surface area contributed by atoms with Crippen molar-refractivity contribution in [2.24, 2.45) is 0 Å². The zero-order valence-corrected chi connectivity index (χ0v) is 17.9. The van der Waals surface area contributed by atoms with Gasteiger partial charge in [-0.3, -0.25) is 0 Å². The van der Waals surface area contributed by atoms with Crippen LogP contribution < -0.4 is 9.47 Å². The summed E-state index contributed by atoms with van der Waals surface area (Å²) in [4.78, 5) is 2.44. The molecule has 1 N–H and O–H groups in total. The first kappa shape index (κ1) is 20.3. The third-order valence-corrected chi connectivity index (χ3v) is 6.16. The molecule has 0 spiro atoms. The predicted octanol–water partition coefficient (Wildman–Crippen LogP) is 4.72. The Morgan fingerprint density at radius 2 is 1.73 bits per heavy atom. The second-order valence-corrected chi connectivity index (χ2v) is 7.95. The Kier molecular flexibility index (Phi) is 5.96. The van der Waals surface area contributed by atoms with Crippen molar-refractivity contribution in [2.45, 2.75) is 25.3 Å². The van der Waals surface area contributed by atoms with Crippen LogP contribution in [0.2, 0.25) is 0 Å². The molecular formula is C26H29NO3. The van der Waals surface area contributed by atoms with E-state index in [-0.39, 0.29) is 5.75 Å². The van der Waals surface area contributed by atoms with Crippen molar-refractivity contribution in [1.82, 2.24) is 4.90 Å². The molecule has 3 aromatic rings. The zero-order valence-electron chi connectivity index (χ0n) is 17.9. The minimum absolute atomic E-state index is 0.201. The fraction of sp³-hybridized carbons (Fsp3) is 0.308. The Labute approximate surface area is 178 Å². The topological polar surface area (TPSA) is 41.9 Å². The maximum absolute atomic E-state index is 11.1. The molecule has 1 aliphatic heterocycles. The second kappa shape index (κ2) is 8.80. The van der Waals surface area contributed by atoms with Crippen molar-refractivity contribution < 1.29 is 14.6 Å². The number of hydrogen-bond donors (Lipinski definition) is 1. The van der Waals surface area contributed by atoms with E-state index in [0.717, 1.165) is 48.2 Å². The first-order chi connectivity index (χ1) is 14.6. The van der Waals surface area contributed by atoms with E-state index in [0.29, 0.717) is 11.8 Å². The van der Waals surface area contributed by atoms with Gasteiger partial charge < -0.3 is 19.5 Å². The van der Waals surface area contributed by atoms with Gasteiger partial charge in [0.15, 0.2) is 11.5 Å². The lowest BCUT2D eigenvalue weighted by Crippen LogP contribution is -2.36. The first-order valence-electron chi connectivity index (χ1n) is 10.4. The molecule has 0 saturated carbocycles. The van der Waals surface area contributed by atoms with Gasteiger partial charge in [0.25, 0.3) is 0 Å². The number of fused-ring (bicyclic) bond motifs is 3. The number of rotatable bonds is 4. The molecule has 30 heavy (non-hydrogen) atoms. The van der Waals surface area contributed by atoms with Gasteiger partial charge in [-0.25, -0.2) is 0 Å². The molecule has 0 saturated heterocycles. The molecule has 1 atom stereocenters. The molecule has 4 rings (SSSR count). The summed E-state index contributed by atoms with van der Waals surface area (Å²) in [5.41, 5.74) is 5.53. The molecule has 0 amide bonds. The Balaban J connectivity index is 1.84. The monoisotopic (exact) mass is 403 g/mol. The molecule has 0 aromatic heterocycles. The standard InChI is InChI=1S/C26H29NO3/c1-27-14-13-19-9-11-22(29-2)17-23(19)25-20(10-12-24(30-3)26(25)28)16-21(27)15-18-7-5-4-6-8-18/h4-12,17,21,28H,13-16H2,1-3H3. The molecule has 4 nitrogen and oxygen atoms in total. The predicted molar refractivity (Wildman–Crippen MR) is 121 cm³/mol. The summed E-state index contributed by atoms with van der Waals surface area (Å²) < 4.78 is 10.9. The van der Waals surface area contributed by atoms with Crippen molar-refractivity contribution in [1.29, 1.82) is 0 Å². The van der Waals surface area contributed by atoms with Crippen molar-refractivity contribution in [3.05, 3.63) is 77.4 Å². The maximum atomic E-state index is 11.1. The van der Waals surface area contributed by atoms with Crippen LogP contribution in [-0.2, 0) is 19.3 Å². The summed E-state index contributed by atoms with van der Waals surface area (Å²) in [7, 11) is 5.47. The number of phenols is 1. The number of methoxy groups -OCH3 is 2. The van der Waals surface area contributed by atoms with Gasteiger partial charge in [0, 0.05) is 18.2 Å². The maximum Gasteiger partial charge on any atom is 0.165 e. The van der Waals surface area contributed by atoms with E-state index in [1.54, 1.807) is 14.2 Å². The number of aromatic hydroxyl groups is 1. The average Bonchev–Trinajstić information content (AvgIpc) is 2.82. The number of likely N-dealkylation sites (N-methyl/N-ethyl adjacent to an activating group) is 1. The van der Waals surface area contributed by atoms with Crippen LogP contribution in [0.3, 0.4) is 0 Å². The third kappa shape index (κ3) is 4.01. The molecule has 0 bridgehead atoms. The Bertz CT molecular complexity index is 1020. The molecule has 0 aliphatic carbocycles. The van der Waals surface area contributed by atoms with Crippen LogP contribution in [0.4, 0.5) is 0 Å². The molecule has 0 radical (unpaired) electrons. The highest BCUT2D eigenvalue weighted by molar-refractivity contribution is 5.80. The van der Waals surface area contributed by atoms with Crippen LogP contribution in [0.1, 0.15) is 16.7 Å². The number of hydrogen-bond acceptors (Lipinski definition) is 4. The summed E-state index contributed by atoms with van der Waals surface area (Å²) in [6.07, 6.45) is 2.70. The van der Waals surface area contributed by atoms with Gasteiger partial charge in [-0.05, 0) is 66.8 Å². The number of benzene rings is 3. The van der Waals surface area contributed by atoms with Gasteiger partial charge in [0.2, 0.25) is 0 Å². The van der Waals surface area contributed by atoms with E-state index in [1.165, 1.54) is 11.1 Å². The number of ether oxygens (including phenoxy) is 2. The summed E-state index contributed by atoms with van der Waals surface area (Å²) in [6.45, 7) is 0.947. The minimum Gasteiger partial charge on any atom is -0.504 e. The van der Waals surface area contributed by atoms with Crippen LogP contribution in [0.5, 0.6) is 17.2 Å². The van der Waals surface area contributed by atoms with Gasteiger partial charge in [0.05, 0.1) is 14.2 Å². The Hall–Kier alpha value is -2.98. The van der Waals surface area contributed by atoms with Crippen LogP contribution in [0, 0.1) is 0 Å².